The zero-order valence-corrected chi connectivity index (χ0v) is 12.9. The van der Waals surface area contributed by atoms with Gasteiger partial charge in [-0.05, 0) is 12.1 Å². The smallest absolute Gasteiger partial charge is 0.203 e. The van der Waals surface area contributed by atoms with Crippen LogP contribution in [0, 0.1) is 0 Å². The zero-order valence-electron chi connectivity index (χ0n) is 12.9. The third-order valence-electron chi connectivity index (χ3n) is 3.38. The monoisotopic (exact) mass is 313 g/mol. The van der Waals surface area contributed by atoms with Gasteiger partial charge < -0.3 is 18.7 Å². The number of rotatable bonds is 5. The number of nitrogens with zero attached hydrogens (tertiary/aromatic N) is 3. The third-order valence-corrected chi connectivity index (χ3v) is 3.38. The molecule has 0 aliphatic rings. The molecule has 3 rings (SSSR count). The van der Waals surface area contributed by atoms with Gasteiger partial charge in [0.05, 0.1) is 26.9 Å². The highest BCUT2D eigenvalue weighted by atomic mass is 16.5. The van der Waals surface area contributed by atoms with E-state index in [1.54, 1.807) is 40.0 Å². The number of hydrogen-bond acceptors (Lipinski definition) is 7. The van der Waals surface area contributed by atoms with E-state index in [0.717, 1.165) is 16.7 Å². The summed E-state index contributed by atoms with van der Waals surface area (Å²) < 4.78 is 21.2. The van der Waals surface area contributed by atoms with Crippen molar-refractivity contribution in [2.24, 2.45) is 0 Å². The van der Waals surface area contributed by atoms with Crippen molar-refractivity contribution in [1.29, 1.82) is 0 Å². The van der Waals surface area contributed by atoms with Crippen molar-refractivity contribution in [3.8, 4) is 39.6 Å². The molecule has 0 unspecified atom stereocenters. The molecule has 0 radical (unpaired) electrons. The number of benzene rings is 1. The van der Waals surface area contributed by atoms with Crippen LogP contribution in [0.25, 0.3) is 22.4 Å². The van der Waals surface area contributed by atoms with Gasteiger partial charge in [0.2, 0.25) is 5.75 Å². The van der Waals surface area contributed by atoms with Gasteiger partial charge >= 0.3 is 0 Å². The van der Waals surface area contributed by atoms with Crippen LogP contribution in [0.2, 0.25) is 0 Å². The largest absolute Gasteiger partial charge is 0.493 e. The summed E-state index contributed by atoms with van der Waals surface area (Å²) in [6, 6.07) is 3.62. The minimum atomic E-state index is 0.520. The lowest BCUT2D eigenvalue weighted by Gasteiger charge is -2.13. The van der Waals surface area contributed by atoms with Crippen LogP contribution in [0.15, 0.2) is 41.6 Å². The lowest BCUT2D eigenvalue weighted by Crippen LogP contribution is -1.96. The van der Waals surface area contributed by atoms with Gasteiger partial charge in [-0.15, -0.1) is 0 Å². The first-order valence-electron chi connectivity index (χ1n) is 6.78. The number of hydrogen-bond donors (Lipinski definition) is 0. The average molecular weight is 313 g/mol. The molecule has 7 nitrogen and oxygen atoms in total. The van der Waals surface area contributed by atoms with Gasteiger partial charge in [0.25, 0.3) is 0 Å². The standard InChI is InChI=1S/C16H15N3O4/c1-20-13-4-10(5-14(21-2)16(13)22-3)15-12(8-23-19-15)11-6-17-9-18-7-11/h4-9H,1-3H3. The van der Waals surface area contributed by atoms with Crippen LogP contribution in [-0.4, -0.2) is 36.5 Å². The van der Waals surface area contributed by atoms with Crippen LogP contribution in [0.3, 0.4) is 0 Å². The molecule has 0 aliphatic heterocycles. The molecular formula is C16H15N3O4. The molecule has 0 amide bonds. The molecule has 2 aromatic heterocycles. The lowest BCUT2D eigenvalue weighted by molar-refractivity contribution is 0.324. The van der Waals surface area contributed by atoms with E-state index in [4.69, 9.17) is 18.7 Å². The summed E-state index contributed by atoms with van der Waals surface area (Å²) >= 11 is 0. The molecule has 1 aromatic carbocycles. The highest BCUT2D eigenvalue weighted by Crippen LogP contribution is 2.42. The fourth-order valence-electron chi connectivity index (χ4n) is 2.31. The van der Waals surface area contributed by atoms with Gasteiger partial charge in [0.1, 0.15) is 18.3 Å². The molecule has 0 bridgehead atoms. The van der Waals surface area contributed by atoms with Crippen molar-refractivity contribution in [2.75, 3.05) is 21.3 Å². The van der Waals surface area contributed by atoms with Gasteiger partial charge in [-0.25, -0.2) is 9.97 Å². The van der Waals surface area contributed by atoms with Crippen molar-refractivity contribution in [2.45, 2.75) is 0 Å². The Bertz CT molecular complexity index is 777. The van der Waals surface area contributed by atoms with Crippen molar-refractivity contribution in [1.82, 2.24) is 15.1 Å². The molecule has 0 saturated carbocycles. The van der Waals surface area contributed by atoms with Crippen LogP contribution in [0.4, 0.5) is 0 Å². The Kier molecular flexibility index (Phi) is 4.09. The van der Waals surface area contributed by atoms with Crippen LogP contribution in [0.5, 0.6) is 17.2 Å². The molecule has 0 fully saturated rings. The van der Waals surface area contributed by atoms with Crippen molar-refractivity contribution < 1.29 is 18.7 Å². The summed E-state index contributed by atoms with van der Waals surface area (Å²) in [4.78, 5) is 8.04. The maximum Gasteiger partial charge on any atom is 0.203 e. The molecule has 0 spiro atoms. The van der Waals surface area contributed by atoms with E-state index in [1.807, 2.05) is 12.1 Å². The zero-order chi connectivity index (χ0) is 16.2. The number of aromatic nitrogens is 3. The van der Waals surface area contributed by atoms with Gasteiger partial charge in [0.15, 0.2) is 11.5 Å². The summed E-state index contributed by atoms with van der Waals surface area (Å²) in [6.45, 7) is 0. The third kappa shape index (κ3) is 2.68. The predicted molar refractivity (Wildman–Crippen MR) is 82.6 cm³/mol. The van der Waals surface area contributed by atoms with Crippen molar-refractivity contribution in [3.05, 3.63) is 37.1 Å². The lowest BCUT2D eigenvalue weighted by atomic mass is 10.0. The highest BCUT2D eigenvalue weighted by Gasteiger charge is 2.19. The molecule has 7 heteroatoms. The highest BCUT2D eigenvalue weighted by molar-refractivity contribution is 5.81. The second-order valence-corrected chi connectivity index (χ2v) is 4.62. The van der Waals surface area contributed by atoms with E-state index in [2.05, 4.69) is 15.1 Å². The van der Waals surface area contributed by atoms with Crippen molar-refractivity contribution in [3.63, 3.8) is 0 Å². The Morgan fingerprint density at radius 3 is 2.09 bits per heavy atom. The van der Waals surface area contributed by atoms with E-state index in [0.29, 0.717) is 22.9 Å². The SMILES string of the molecule is COc1cc(-c2nocc2-c2cncnc2)cc(OC)c1OC. The van der Waals surface area contributed by atoms with Gasteiger partial charge in [-0.2, -0.15) is 0 Å². The Hall–Kier alpha value is -3.09. The Morgan fingerprint density at radius 1 is 0.870 bits per heavy atom. The van der Waals surface area contributed by atoms with Crippen LogP contribution in [0.1, 0.15) is 0 Å². The molecule has 2 heterocycles. The minimum Gasteiger partial charge on any atom is -0.493 e. The normalized spacial score (nSPS) is 10.4. The number of ether oxygens (including phenoxy) is 3. The minimum absolute atomic E-state index is 0.520. The predicted octanol–water partition coefficient (Wildman–Crippen LogP) is 2.82. The fraction of sp³-hybridized carbons (Fsp3) is 0.188. The summed E-state index contributed by atoms with van der Waals surface area (Å²) in [5.41, 5.74) is 2.99. The quantitative estimate of drug-likeness (QED) is 0.716. The average Bonchev–Trinajstić information content (AvgIpc) is 3.10. The molecule has 118 valence electrons. The first-order valence-corrected chi connectivity index (χ1v) is 6.78. The first-order chi connectivity index (χ1) is 11.3. The van der Waals surface area contributed by atoms with Gasteiger partial charge in [-0.3, -0.25) is 0 Å². The van der Waals surface area contributed by atoms with E-state index in [-0.39, 0.29) is 0 Å². The maximum absolute atomic E-state index is 5.37. The Morgan fingerprint density at radius 2 is 1.52 bits per heavy atom. The summed E-state index contributed by atoms with van der Waals surface area (Å²) in [5, 5.41) is 4.09. The summed E-state index contributed by atoms with van der Waals surface area (Å²) in [5.74, 6) is 1.60. The molecule has 0 aliphatic carbocycles. The number of methoxy groups -OCH3 is 3. The van der Waals surface area contributed by atoms with Crippen LogP contribution in [-0.2, 0) is 0 Å². The van der Waals surface area contributed by atoms with E-state index < -0.39 is 0 Å². The van der Waals surface area contributed by atoms with Crippen LogP contribution >= 0.6 is 0 Å². The first kappa shape index (κ1) is 14.8. The maximum atomic E-state index is 5.37. The second-order valence-electron chi connectivity index (χ2n) is 4.62. The van der Waals surface area contributed by atoms with Gasteiger partial charge in [0, 0.05) is 23.5 Å². The molecule has 0 atom stereocenters. The van der Waals surface area contributed by atoms with E-state index in [9.17, 15) is 0 Å². The fourth-order valence-corrected chi connectivity index (χ4v) is 2.31. The molecule has 3 aromatic rings. The Balaban J connectivity index is 2.15. The molecule has 0 N–H and O–H groups in total. The molecule has 23 heavy (non-hydrogen) atoms. The van der Waals surface area contributed by atoms with Gasteiger partial charge in [-0.1, -0.05) is 5.16 Å². The Labute approximate surface area is 132 Å². The topological polar surface area (TPSA) is 79.5 Å². The summed E-state index contributed by atoms with van der Waals surface area (Å²) in [6.07, 6.45) is 6.41. The van der Waals surface area contributed by atoms with Crippen molar-refractivity contribution >= 4 is 0 Å². The molecular weight excluding hydrogens is 298 g/mol. The van der Waals surface area contributed by atoms with E-state index in [1.165, 1.54) is 6.33 Å². The van der Waals surface area contributed by atoms with E-state index >= 15 is 0 Å². The second kappa shape index (κ2) is 6.35. The van der Waals surface area contributed by atoms with Crippen LogP contribution < -0.4 is 14.2 Å². The summed E-state index contributed by atoms with van der Waals surface area (Å²) in [7, 11) is 4.69. The molecule has 0 saturated heterocycles.